The van der Waals surface area contributed by atoms with Crippen LogP contribution >= 0.6 is 34.8 Å². The molecule has 0 aromatic heterocycles. The first-order valence-corrected chi connectivity index (χ1v) is 10.8. The van der Waals surface area contributed by atoms with Gasteiger partial charge in [-0.05, 0) is 56.2 Å². The minimum atomic E-state index is -0.688. The number of ether oxygens (including phenoxy) is 1. The van der Waals surface area contributed by atoms with Crippen molar-refractivity contribution >= 4 is 46.6 Å². The number of amides is 2. The van der Waals surface area contributed by atoms with Gasteiger partial charge in [0, 0.05) is 22.6 Å². The van der Waals surface area contributed by atoms with Gasteiger partial charge in [0.2, 0.25) is 5.91 Å². The second-order valence-electron chi connectivity index (χ2n) is 7.01. The zero-order chi connectivity index (χ0) is 22.3. The van der Waals surface area contributed by atoms with E-state index in [0.717, 1.165) is 12.0 Å². The molecule has 0 heterocycles. The van der Waals surface area contributed by atoms with Crippen molar-refractivity contribution in [3.63, 3.8) is 0 Å². The average Bonchev–Trinajstić information content (AvgIpc) is 2.71. The maximum atomic E-state index is 13.0. The van der Waals surface area contributed by atoms with E-state index in [1.165, 1.54) is 11.0 Å². The van der Waals surface area contributed by atoms with E-state index in [4.69, 9.17) is 39.5 Å². The third kappa shape index (κ3) is 7.08. The summed E-state index contributed by atoms with van der Waals surface area (Å²) in [4.78, 5) is 27.1. The first-order chi connectivity index (χ1) is 14.2. The highest BCUT2D eigenvalue weighted by Crippen LogP contribution is 2.27. The van der Waals surface area contributed by atoms with Crippen LogP contribution in [0.25, 0.3) is 0 Å². The van der Waals surface area contributed by atoms with Crippen LogP contribution in [-0.2, 0) is 16.1 Å². The van der Waals surface area contributed by atoms with E-state index in [1.54, 1.807) is 31.2 Å². The molecule has 0 bridgehead atoms. The van der Waals surface area contributed by atoms with Crippen molar-refractivity contribution in [1.29, 1.82) is 0 Å². The Balaban J connectivity index is 2.16. The Morgan fingerprint density at radius 2 is 1.67 bits per heavy atom. The molecule has 0 spiro atoms. The van der Waals surface area contributed by atoms with E-state index in [1.807, 2.05) is 26.0 Å². The van der Waals surface area contributed by atoms with Crippen molar-refractivity contribution < 1.29 is 14.3 Å². The highest BCUT2D eigenvalue weighted by Gasteiger charge is 2.27. The second kappa shape index (κ2) is 11.4. The summed E-state index contributed by atoms with van der Waals surface area (Å²) in [5.74, 6) is -0.225. The van der Waals surface area contributed by atoms with E-state index < -0.39 is 6.04 Å². The fourth-order valence-electron chi connectivity index (χ4n) is 2.65. The van der Waals surface area contributed by atoms with Gasteiger partial charge >= 0.3 is 0 Å². The summed E-state index contributed by atoms with van der Waals surface area (Å²) >= 11 is 18.0. The Hall–Kier alpha value is -1.95. The minimum absolute atomic E-state index is 0.0107. The van der Waals surface area contributed by atoms with Gasteiger partial charge in [0.15, 0.2) is 6.61 Å². The molecule has 2 atom stereocenters. The van der Waals surface area contributed by atoms with Gasteiger partial charge in [0.05, 0.1) is 5.02 Å². The molecule has 0 saturated heterocycles. The molecule has 0 aliphatic rings. The third-order valence-corrected chi connectivity index (χ3v) is 5.46. The second-order valence-corrected chi connectivity index (χ2v) is 8.29. The van der Waals surface area contributed by atoms with Gasteiger partial charge in [-0.3, -0.25) is 9.59 Å². The molecular weight excluding hydrogens is 447 g/mol. The molecule has 0 unspecified atom stereocenters. The number of hydrogen-bond acceptors (Lipinski definition) is 3. The number of benzene rings is 2. The molecule has 2 amide bonds. The van der Waals surface area contributed by atoms with Crippen LogP contribution in [0.1, 0.15) is 32.8 Å². The average molecular weight is 472 g/mol. The summed E-state index contributed by atoms with van der Waals surface area (Å²) in [5.41, 5.74) is 0.848. The van der Waals surface area contributed by atoms with Crippen LogP contribution < -0.4 is 10.1 Å². The van der Waals surface area contributed by atoms with E-state index in [2.05, 4.69) is 5.32 Å². The molecule has 5 nitrogen and oxygen atoms in total. The summed E-state index contributed by atoms with van der Waals surface area (Å²) in [7, 11) is 0. The molecular formula is C22H25Cl3N2O3. The molecule has 2 aromatic carbocycles. The van der Waals surface area contributed by atoms with Gasteiger partial charge in [-0.25, -0.2) is 0 Å². The molecule has 8 heteroatoms. The van der Waals surface area contributed by atoms with Crippen LogP contribution in [-0.4, -0.2) is 35.4 Å². The fraction of sp³-hybridized carbons (Fsp3) is 0.364. The van der Waals surface area contributed by atoms with Crippen molar-refractivity contribution in [2.24, 2.45) is 0 Å². The van der Waals surface area contributed by atoms with Crippen molar-refractivity contribution in [3.8, 4) is 5.75 Å². The SMILES string of the molecule is CC[C@@H](C)NC(=O)[C@@H](C)N(Cc1ccc(Cl)cc1)C(=O)COc1ccc(Cl)cc1Cl. The maximum absolute atomic E-state index is 13.0. The highest BCUT2D eigenvalue weighted by atomic mass is 35.5. The standard InChI is InChI=1S/C22H25Cl3N2O3/c1-4-14(2)26-22(29)15(3)27(12-16-5-7-17(23)8-6-16)21(28)13-30-20-10-9-18(24)11-19(20)25/h5-11,14-15H,4,12-13H2,1-3H3,(H,26,29)/t14-,15-/m1/s1. The van der Waals surface area contributed by atoms with Gasteiger partial charge in [0.25, 0.3) is 5.91 Å². The van der Waals surface area contributed by atoms with Crippen molar-refractivity contribution in [2.75, 3.05) is 6.61 Å². The van der Waals surface area contributed by atoms with Crippen LogP contribution in [0.4, 0.5) is 0 Å². The van der Waals surface area contributed by atoms with Crippen molar-refractivity contribution in [2.45, 2.75) is 45.8 Å². The topological polar surface area (TPSA) is 58.6 Å². The summed E-state index contributed by atoms with van der Waals surface area (Å²) in [6.07, 6.45) is 0.793. The molecule has 162 valence electrons. The largest absolute Gasteiger partial charge is 0.482 e. The van der Waals surface area contributed by atoms with E-state index in [9.17, 15) is 9.59 Å². The lowest BCUT2D eigenvalue weighted by atomic mass is 10.1. The first-order valence-electron chi connectivity index (χ1n) is 9.63. The number of halogens is 3. The molecule has 30 heavy (non-hydrogen) atoms. The molecule has 2 aromatic rings. The Labute approximate surface area is 192 Å². The molecule has 1 N–H and O–H groups in total. The maximum Gasteiger partial charge on any atom is 0.261 e. The first kappa shape index (κ1) is 24.3. The lowest BCUT2D eigenvalue weighted by molar-refractivity contribution is -0.142. The Kier molecular flexibility index (Phi) is 9.28. The van der Waals surface area contributed by atoms with E-state index >= 15 is 0 Å². The summed E-state index contributed by atoms with van der Waals surface area (Å²) in [6.45, 7) is 5.57. The lowest BCUT2D eigenvalue weighted by Crippen LogP contribution is -2.50. The fourth-order valence-corrected chi connectivity index (χ4v) is 3.24. The summed E-state index contributed by atoms with van der Waals surface area (Å²) < 4.78 is 5.59. The third-order valence-electron chi connectivity index (χ3n) is 4.68. The zero-order valence-electron chi connectivity index (χ0n) is 17.1. The Morgan fingerprint density at radius 1 is 1.03 bits per heavy atom. The van der Waals surface area contributed by atoms with Gasteiger partial charge in [-0.15, -0.1) is 0 Å². The number of carbonyl (C=O) groups excluding carboxylic acids is 2. The lowest BCUT2D eigenvalue weighted by Gasteiger charge is -2.29. The number of rotatable bonds is 9. The van der Waals surface area contributed by atoms with Gasteiger partial charge in [-0.1, -0.05) is 53.9 Å². The van der Waals surface area contributed by atoms with Crippen LogP contribution in [0.3, 0.4) is 0 Å². The quantitative estimate of drug-likeness (QED) is 0.536. The Morgan fingerprint density at radius 3 is 2.27 bits per heavy atom. The minimum Gasteiger partial charge on any atom is -0.482 e. The smallest absolute Gasteiger partial charge is 0.261 e. The summed E-state index contributed by atoms with van der Waals surface area (Å²) in [6, 6.07) is 11.2. The highest BCUT2D eigenvalue weighted by molar-refractivity contribution is 6.35. The van der Waals surface area contributed by atoms with E-state index in [0.29, 0.717) is 20.8 Å². The van der Waals surface area contributed by atoms with Crippen LogP contribution in [0.2, 0.25) is 15.1 Å². The monoisotopic (exact) mass is 470 g/mol. The molecule has 0 radical (unpaired) electrons. The molecule has 0 aliphatic carbocycles. The van der Waals surface area contributed by atoms with Gasteiger partial charge in [0.1, 0.15) is 11.8 Å². The molecule has 0 fully saturated rings. The zero-order valence-corrected chi connectivity index (χ0v) is 19.4. The number of hydrogen-bond donors (Lipinski definition) is 1. The predicted molar refractivity (Wildman–Crippen MR) is 121 cm³/mol. The molecule has 0 saturated carbocycles. The number of nitrogens with one attached hydrogen (secondary N) is 1. The number of nitrogens with zero attached hydrogens (tertiary/aromatic N) is 1. The molecule has 0 aliphatic heterocycles. The van der Waals surface area contributed by atoms with Crippen LogP contribution in [0, 0.1) is 0 Å². The number of carbonyl (C=O) groups is 2. The molecule has 2 rings (SSSR count). The van der Waals surface area contributed by atoms with Gasteiger partial charge in [-0.2, -0.15) is 0 Å². The Bertz CT molecular complexity index is 874. The van der Waals surface area contributed by atoms with E-state index in [-0.39, 0.29) is 31.0 Å². The van der Waals surface area contributed by atoms with Crippen molar-refractivity contribution in [3.05, 3.63) is 63.1 Å². The summed E-state index contributed by atoms with van der Waals surface area (Å²) in [5, 5.41) is 4.29. The normalized spacial score (nSPS) is 12.7. The van der Waals surface area contributed by atoms with Crippen LogP contribution in [0.15, 0.2) is 42.5 Å². The van der Waals surface area contributed by atoms with Gasteiger partial charge < -0.3 is 15.0 Å². The van der Waals surface area contributed by atoms with Crippen LogP contribution in [0.5, 0.6) is 5.75 Å². The predicted octanol–water partition coefficient (Wildman–Crippen LogP) is 5.36. The van der Waals surface area contributed by atoms with Crippen molar-refractivity contribution in [1.82, 2.24) is 10.2 Å².